The van der Waals surface area contributed by atoms with Crippen LogP contribution in [0.3, 0.4) is 0 Å². The van der Waals surface area contributed by atoms with E-state index in [0.717, 1.165) is 13.0 Å². The van der Waals surface area contributed by atoms with E-state index < -0.39 is 0 Å². The van der Waals surface area contributed by atoms with E-state index in [1.807, 2.05) is 6.61 Å². The summed E-state index contributed by atoms with van der Waals surface area (Å²) in [5, 5.41) is 0. The van der Waals surface area contributed by atoms with Gasteiger partial charge in [-0.3, -0.25) is 0 Å². The molecule has 0 aliphatic carbocycles. The Labute approximate surface area is 128 Å². The number of rotatable bonds is 17. The summed E-state index contributed by atoms with van der Waals surface area (Å²) in [6.45, 7) is 7.44. The predicted molar refractivity (Wildman–Crippen MR) is 90.9 cm³/mol. The van der Waals surface area contributed by atoms with Crippen molar-refractivity contribution in [1.29, 1.82) is 0 Å². The monoisotopic (exact) mass is 283 g/mol. The third-order valence-corrected chi connectivity index (χ3v) is 3.91. The van der Waals surface area contributed by atoms with Crippen molar-refractivity contribution in [2.24, 2.45) is 0 Å². The van der Waals surface area contributed by atoms with Crippen molar-refractivity contribution in [2.75, 3.05) is 6.61 Å². The molecule has 0 bridgehead atoms. The van der Waals surface area contributed by atoms with E-state index in [4.69, 9.17) is 4.74 Å². The zero-order chi connectivity index (χ0) is 14.7. The Kier molecular flexibility index (Phi) is 18.9. The minimum absolute atomic E-state index is 0.932. The Morgan fingerprint density at radius 3 is 1.50 bits per heavy atom. The first-order chi connectivity index (χ1) is 9.91. The van der Waals surface area contributed by atoms with Crippen LogP contribution in [0.15, 0.2) is 0 Å². The largest absolute Gasteiger partial charge is 0.376 e. The maximum absolute atomic E-state index is 5.50. The third kappa shape index (κ3) is 18.0. The summed E-state index contributed by atoms with van der Waals surface area (Å²) in [7, 11) is 0. The molecule has 0 N–H and O–H groups in total. The average Bonchev–Trinajstić information content (AvgIpc) is 2.47. The van der Waals surface area contributed by atoms with E-state index in [9.17, 15) is 0 Å². The average molecular weight is 284 g/mol. The van der Waals surface area contributed by atoms with Gasteiger partial charge in [0.15, 0.2) is 0 Å². The quantitative estimate of drug-likeness (QED) is 0.260. The summed E-state index contributed by atoms with van der Waals surface area (Å²) in [4.78, 5) is 0. The Morgan fingerprint density at radius 1 is 0.550 bits per heavy atom. The molecule has 1 radical (unpaired) electrons. The van der Waals surface area contributed by atoms with Crippen LogP contribution >= 0.6 is 0 Å². The molecule has 0 atom stereocenters. The fourth-order valence-electron chi connectivity index (χ4n) is 2.48. The van der Waals surface area contributed by atoms with Gasteiger partial charge in [-0.05, 0) is 12.8 Å². The maximum Gasteiger partial charge on any atom is 0.0836 e. The molecule has 20 heavy (non-hydrogen) atoms. The normalized spacial score (nSPS) is 11.1. The van der Waals surface area contributed by atoms with Gasteiger partial charge < -0.3 is 4.74 Å². The third-order valence-electron chi connectivity index (χ3n) is 3.91. The molecule has 121 valence electrons. The topological polar surface area (TPSA) is 9.23 Å². The molecule has 1 heteroatoms. The van der Waals surface area contributed by atoms with Gasteiger partial charge in [-0.1, -0.05) is 97.3 Å². The van der Waals surface area contributed by atoms with Gasteiger partial charge >= 0.3 is 0 Å². The molecule has 0 heterocycles. The lowest BCUT2D eigenvalue weighted by molar-refractivity contribution is 0.184. The highest BCUT2D eigenvalue weighted by Crippen LogP contribution is 2.12. The lowest BCUT2D eigenvalue weighted by Gasteiger charge is -2.04. The zero-order valence-electron chi connectivity index (χ0n) is 14.3. The molecule has 0 fully saturated rings. The highest BCUT2D eigenvalue weighted by Gasteiger charge is 1.94. The Bertz CT molecular complexity index is 138. The molecular weight excluding hydrogens is 244 g/mol. The van der Waals surface area contributed by atoms with Crippen molar-refractivity contribution >= 4 is 0 Å². The molecule has 0 spiro atoms. The second-order valence-electron chi connectivity index (χ2n) is 6.07. The van der Waals surface area contributed by atoms with E-state index in [1.54, 1.807) is 0 Å². The van der Waals surface area contributed by atoms with Gasteiger partial charge in [-0.2, -0.15) is 0 Å². The predicted octanol–water partition coefficient (Wildman–Crippen LogP) is 7.06. The highest BCUT2D eigenvalue weighted by molar-refractivity contribution is 4.51. The van der Waals surface area contributed by atoms with E-state index in [0.29, 0.717) is 0 Å². The van der Waals surface area contributed by atoms with Gasteiger partial charge in [0.1, 0.15) is 0 Å². The van der Waals surface area contributed by atoms with Crippen LogP contribution in [0.1, 0.15) is 110 Å². The van der Waals surface area contributed by atoms with Crippen LogP contribution in [0.25, 0.3) is 0 Å². The van der Waals surface area contributed by atoms with Gasteiger partial charge in [0.25, 0.3) is 0 Å². The standard InChI is InChI=1S/C19H39O/c1-3-5-7-8-9-10-11-12-13-14-15-17-19-20-18-16-6-4-2/h18H,3-17,19H2,1-2H3. The fraction of sp³-hybridized carbons (Fsp3) is 0.947. The van der Waals surface area contributed by atoms with E-state index >= 15 is 0 Å². The number of unbranched alkanes of at least 4 members (excludes halogenated alkanes) is 13. The summed E-state index contributed by atoms with van der Waals surface area (Å²) < 4.78 is 5.50. The Hall–Kier alpha value is -0.0400. The van der Waals surface area contributed by atoms with Crippen molar-refractivity contribution in [3.8, 4) is 0 Å². The summed E-state index contributed by atoms with van der Waals surface area (Å²) in [5.74, 6) is 0. The minimum atomic E-state index is 0.932. The molecule has 0 aromatic rings. The summed E-state index contributed by atoms with van der Waals surface area (Å²) in [6.07, 6.45) is 20.6. The summed E-state index contributed by atoms with van der Waals surface area (Å²) in [6, 6.07) is 0. The van der Waals surface area contributed by atoms with Crippen molar-refractivity contribution in [1.82, 2.24) is 0 Å². The van der Waals surface area contributed by atoms with Gasteiger partial charge in [0, 0.05) is 6.61 Å². The van der Waals surface area contributed by atoms with Crippen LogP contribution in [0.5, 0.6) is 0 Å². The van der Waals surface area contributed by atoms with Gasteiger partial charge in [-0.15, -0.1) is 0 Å². The molecule has 0 rings (SSSR count). The van der Waals surface area contributed by atoms with Crippen LogP contribution < -0.4 is 0 Å². The first-order valence-electron chi connectivity index (χ1n) is 9.35. The van der Waals surface area contributed by atoms with Gasteiger partial charge in [0.05, 0.1) is 6.61 Å². The van der Waals surface area contributed by atoms with Crippen molar-refractivity contribution in [2.45, 2.75) is 110 Å². The molecule has 0 aliphatic heterocycles. The Morgan fingerprint density at radius 2 is 1.00 bits per heavy atom. The molecule has 1 nitrogen and oxygen atoms in total. The minimum Gasteiger partial charge on any atom is -0.376 e. The Balaban J connectivity index is 2.89. The SMILES string of the molecule is CCCC[CH]OCCCCCCCCCCCCCC. The lowest BCUT2D eigenvalue weighted by Crippen LogP contribution is -1.92. The molecule has 0 aromatic heterocycles. The van der Waals surface area contributed by atoms with Crippen LogP contribution in [-0.4, -0.2) is 6.61 Å². The zero-order valence-corrected chi connectivity index (χ0v) is 14.3. The van der Waals surface area contributed by atoms with E-state index in [1.165, 1.54) is 89.9 Å². The molecule has 0 amide bonds. The van der Waals surface area contributed by atoms with Gasteiger partial charge in [0.2, 0.25) is 0 Å². The van der Waals surface area contributed by atoms with Crippen molar-refractivity contribution in [3.05, 3.63) is 6.61 Å². The van der Waals surface area contributed by atoms with Crippen LogP contribution in [0, 0.1) is 6.61 Å². The van der Waals surface area contributed by atoms with Crippen LogP contribution in [0.4, 0.5) is 0 Å². The second kappa shape index (κ2) is 19.0. The molecule has 0 unspecified atom stereocenters. The molecular formula is C19H39O. The molecule has 0 saturated carbocycles. The van der Waals surface area contributed by atoms with Crippen molar-refractivity contribution in [3.63, 3.8) is 0 Å². The number of ether oxygens (including phenoxy) is 1. The van der Waals surface area contributed by atoms with Gasteiger partial charge in [-0.25, -0.2) is 0 Å². The van der Waals surface area contributed by atoms with E-state index in [-0.39, 0.29) is 0 Å². The number of hydrogen-bond acceptors (Lipinski definition) is 1. The molecule has 0 saturated heterocycles. The first kappa shape index (κ1) is 20.0. The van der Waals surface area contributed by atoms with Crippen LogP contribution in [-0.2, 0) is 4.74 Å². The van der Waals surface area contributed by atoms with Crippen LogP contribution in [0.2, 0.25) is 0 Å². The molecule has 0 aliphatic rings. The fourth-order valence-corrected chi connectivity index (χ4v) is 2.48. The first-order valence-corrected chi connectivity index (χ1v) is 9.35. The van der Waals surface area contributed by atoms with Crippen molar-refractivity contribution < 1.29 is 4.74 Å². The highest BCUT2D eigenvalue weighted by atomic mass is 16.5. The summed E-state index contributed by atoms with van der Waals surface area (Å²) in [5.41, 5.74) is 0. The smallest absolute Gasteiger partial charge is 0.0836 e. The second-order valence-corrected chi connectivity index (χ2v) is 6.07. The summed E-state index contributed by atoms with van der Waals surface area (Å²) >= 11 is 0. The van der Waals surface area contributed by atoms with E-state index in [2.05, 4.69) is 13.8 Å². The lowest BCUT2D eigenvalue weighted by atomic mass is 10.1. The maximum atomic E-state index is 5.50. The number of hydrogen-bond donors (Lipinski definition) is 0. The molecule has 0 aromatic carbocycles.